The Morgan fingerprint density at radius 3 is 2.31 bits per heavy atom. The third-order valence-corrected chi connectivity index (χ3v) is 3.53. The summed E-state index contributed by atoms with van der Waals surface area (Å²) in [6.07, 6.45) is 4.66. The summed E-state index contributed by atoms with van der Waals surface area (Å²) in [5.74, 6) is -0.786. The van der Waals surface area contributed by atoms with E-state index in [1.54, 1.807) is 4.90 Å². The molecule has 0 unspecified atom stereocenters. The van der Waals surface area contributed by atoms with Gasteiger partial charge in [0.25, 0.3) is 0 Å². The lowest BCUT2D eigenvalue weighted by molar-refractivity contribution is -0.143. The molecule has 1 saturated carbocycles. The normalized spacial score (nSPS) is 22.6. The van der Waals surface area contributed by atoms with E-state index in [-0.39, 0.29) is 12.6 Å². The van der Waals surface area contributed by atoms with Crippen LogP contribution < -0.4 is 5.32 Å². The number of hydrogen-bond donors (Lipinski definition) is 2. The summed E-state index contributed by atoms with van der Waals surface area (Å²) in [4.78, 5) is 24.4. The number of urea groups is 1. The Morgan fingerprint density at radius 2 is 1.81 bits per heavy atom. The van der Waals surface area contributed by atoms with Gasteiger partial charge >= 0.3 is 12.0 Å². The summed E-state index contributed by atoms with van der Waals surface area (Å²) >= 11 is 0. The molecular formula is C11H18N2O3. The molecule has 1 aliphatic heterocycles. The first-order valence-corrected chi connectivity index (χ1v) is 5.90. The van der Waals surface area contributed by atoms with Gasteiger partial charge < -0.3 is 15.3 Å². The average molecular weight is 226 g/mol. The maximum Gasteiger partial charge on any atom is 0.317 e. The number of likely N-dealkylation sites (tertiary alicyclic amines) is 1. The van der Waals surface area contributed by atoms with Gasteiger partial charge in [0.15, 0.2) is 0 Å². The SMILES string of the molecule is O=C(NCC1(C(=O)O)CC1)N1CCCCC1. The second-order valence-corrected chi connectivity index (χ2v) is 4.79. The smallest absolute Gasteiger partial charge is 0.317 e. The highest BCUT2D eigenvalue weighted by Crippen LogP contribution is 2.45. The number of hydrogen-bond acceptors (Lipinski definition) is 2. The zero-order valence-corrected chi connectivity index (χ0v) is 9.37. The van der Waals surface area contributed by atoms with Gasteiger partial charge in [-0.1, -0.05) is 0 Å². The summed E-state index contributed by atoms with van der Waals surface area (Å²) in [5, 5.41) is 11.7. The lowest BCUT2D eigenvalue weighted by Gasteiger charge is -2.27. The van der Waals surface area contributed by atoms with Crippen LogP contribution in [0.15, 0.2) is 0 Å². The molecule has 2 N–H and O–H groups in total. The number of carbonyl (C=O) groups excluding carboxylic acids is 1. The number of aliphatic carboxylic acids is 1. The molecular weight excluding hydrogens is 208 g/mol. The molecule has 0 spiro atoms. The molecule has 1 saturated heterocycles. The van der Waals surface area contributed by atoms with E-state index in [0.717, 1.165) is 25.9 Å². The van der Waals surface area contributed by atoms with E-state index in [1.807, 2.05) is 0 Å². The first kappa shape index (κ1) is 11.2. The highest BCUT2D eigenvalue weighted by molar-refractivity contribution is 5.80. The molecule has 0 aromatic heterocycles. The van der Waals surface area contributed by atoms with Gasteiger partial charge in [0, 0.05) is 19.6 Å². The van der Waals surface area contributed by atoms with Crippen LogP contribution in [-0.2, 0) is 4.79 Å². The molecule has 0 aromatic rings. The molecule has 1 heterocycles. The number of piperidine rings is 1. The Bertz CT molecular complexity index is 294. The molecule has 2 fully saturated rings. The molecule has 2 rings (SSSR count). The number of amides is 2. The lowest BCUT2D eigenvalue weighted by atomic mass is 10.1. The van der Waals surface area contributed by atoms with E-state index in [4.69, 9.17) is 5.11 Å². The molecule has 0 aromatic carbocycles. The van der Waals surface area contributed by atoms with E-state index in [0.29, 0.717) is 12.8 Å². The first-order chi connectivity index (χ1) is 7.64. The zero-order valence-electron chi connectivity index (χ0n) is 9.37. The molecule has 5 heteroatoms. The summed E-state index contributed by atoms with van der Waals surface area (Å²) in [7, 11) is 0. The highest BCUT2D eigenvalue weighted by Gasteiger charge is 2.50. The van der Waals surface area contributed by atoms with Crippen molar-refractivity contribution in [1.29, 1.82) is 0 Å². The van der Waals surface area contributed by atoms with Crippen molar-refractivity contribution in [2.75, 3.05) is 19.6 Å². The molecule has 2 amide bonds. The van der Waals surface area contributed by atoms with Crippen LogP contribution >= 0.6 is 0 Å². The standard InChI is InChI=1S/C11H18N2O3/c14-9(15)11(4-5-11)8-12-10(16)13-6-2-1-3-7-13/h1-8H2,(H,12,16)(H,14,15). The van der Waals surface area contributed by atoms with Gasteiger partial charge in [0.1, 0.15) is 0 Å². The van der Waals surface area contributed by atoms with Crippen molar-refractivity contribution >= 4 is 12.0 Å². The van der Waals surface area contributed by atoms with E-state index < -0.39 is 11.4 Å². The third-order valence-electron chi connectivity index (χ3n) is 3.53. The Hall–Kier alpha value is -1.26. The van der Waals surface area contributed by atoms with Gasteiger partial charge in [-0.3, -0.25) is 4.79 Å². The van der Waals surface area contributed by atoms with Crippen molar-refractivity contribution in [1.82, 2.24) is 10.2 Å². The van der Waals surface area contributed by atoms with Gasteiger partial charge in [0.05, 0.1) is 5.41 Å². The number of carboxylic acids is 1. The van der Waals surface area contributed by atoms with Crippen LogP contribution in [0.2, 0.25) is 0 Å². The van der Waals surface area contributed by atoms with Gasteiger partial charge in [-0.25, -0.2) is 4.79 Å². The summed E-state index contributed by atoms with van der Waals surface area (Å²) < 4.78 is 0. The van der Waals surface area contributed by atoms with E-state index >= 15 is 0 Å². The Balaban J connectivity index is 1.77. The van der Waals surface area contributed by atoms with Crippen molar-refractivity contribution in [2.45, 2.75) is 32.1 Å². The fraction of sp³-hybridized carbons (Fsp3) is 0.818. The summed E-state index contributed by atoms with van der Waals surface area (Å²) in [6.45, 7) is 1.87. The van der Waals surface area contributed by atoms with E-state index in [1.165, 1.54) is 6.42 Å². The monoisotopic (exact) mass is 226 g/mol. The summed E-state index contributed by atoms with van der Waals surface area (Å²) in [6, 6.07) is -0.104. The van der Waals surface area contributed by atoms with Gasteiger partial charge in [-0.15, -0.1) is 0 Å². The van der Waals surface area contributed by atoms with Crippen LogP contribution in [0.1, 0.15) is 32.1 Å². The minimum absolute atomic E-state index is 0.104. The Morgan fingerprint density at radius 1 is 1.19 bits per heavy atom. The van der Waals surface area contributed by atoms with Crippen molar-refractivity contribution in [3.8, 4) is 0 Å². The first-order valence-electron chi connectivity index (χ1n) is 5.90. The van der Waals surface area contributed by atoms with Crippen molar-refractivity contribution in [3.63, 3.8) is 0 Å². The average Bonchev–Trinajstić information content (AvgIpc) is 3.08. The van der Waals surface area contributed by atoms with Gasteiger partial charge in [-0.05, 0) is 32.1 Å². The lowest BCUT2D eigenvalue weighted by Crippen LogP contribution is -2.45. The highest BCUT2D eigenvalue weighted by atomic mass is 16.4. The van der Waals surface area contributed by atoms with E-state index in [9.17, 15) is 9.59 Å². The predicted molar refractivity (Wildman–Crippen MR) is 58.1 cm³/mol. The molecule has 1 aliphatic carbocycles. The quantitative estimate of drug-likeness (QED) is 0.755. The predicted octanol–water partition coefficient (Wildman–Crippen LogP) is 1.05. The fourth-order valence-electron chi connectivity index (χ4n) is 2.07. The maximum atomic E-state index is 11.7. The molecule has 90 valence electrons. The largest absolute Gasteiger partial charge is 0.481 e. The Kier molecular flexibility index (Phi) is 3.03. The zero-order chi connectivity index (χ0) is 11.6. The molecule has 0 atom stereocenters. The van der Waals surface area contributed by atoms with Crippen LogP contribution in [0.25, 0.3) is 0 Å². The van der Waals surface area contributed by atoms with Crippen LogP contribution in [0.3, 0.4) is 0 Å². The molecule has 5 nitrogen and oxygen atoms in total. The number of rotatable bonds is 3. The van der Waals surface area contributed by atoms with Gasteiger partial charge in [-0.2, -0.15) is 0 Å². The number of carbonyl (C=O) groups is 2. The minimum Gasteiger partial charge on any atom is -0.481 e. The van der Waals surface area contributed by atoms with Gasteiger partial charge in [0.2, 0.25) is 0 Å². The summed E-state index contributed by atoms with van der Waals surface area (Å²) in [5.41, 5.74) is -0.661. The number of nitrogens with one attached hydrogen (secondary N) is 1. The van der Waals surface area contributed by atoms with Crippen LogP contribution in [-0.4, -0.2) is 41.6 Å². The maximum absolute atomic E-state index is 11.7. The number of carboxylic acid groups (broad SMARTS) is 1. The third kappa shape index (κ3) is 2.28. The molecule has 0 radical (unpaired) electrons. The van der Waals surface area contributed by atoms with Crippen molar-refractivity contribution in [2.24, 2.45) is 5.41 Å². The molecule has 2 aliphatic rings. The van der Waals surface area contributed by atoms with Crippen molar-refractivity contribution in [3.05, 3.63) is 0 Å². The Labute approximate surface area is 94.8 Å². The minimum atomic E-state index is -0.786. The van der Waals surface area contributed by atoms with Crippen LogP contribution in [0.5, 0.6) is 0 Å². The molecule has 16 heavy (non-hydrogen) atoms. The topological polar surface area (TPSA) is 69.6 Å². The second-order valence-electron chi connectivity index (χ2n) is 4.79. The van der Waals surface area contributed by atoms with Crippen LogP contribution in [0, 0.1) is 5.41 Å². The second kappa shape index (κ2) is 4.31. The van der Waals surface area contributed by atoms with Crippen LogP contribution in [0.4, 0.5) is 4.79 Å². The van der Waals surface area contributed by atoms with E-state index in [2.05, 4.69) is 5.32 Å². The molecule has 0 bridgehead atoms. The fourth-order valence-corrected chi connectivity index (χ4v) is 2.07. The van der Waals surface area contributed by atoms with Crippen molar-refractivity contribution < 1.29 is 14.7 Å². The number of nitrogens with zero attached hydrogens (tertiary/aromatic N) is 1.